The van der Waals surface area contributed by atoms with Crippen LogP contribution in [0.2, 0.25) is 15.1 Å². The molecule has 0 spiro atoms. The zero-order valence-corrected chi connectivity index (χ0v) is 19.3. The molecular weight excluding hydrogens is 569 g/mol. The molecule has 0 aromatic heterocycles. The van der Waals surface area contributed by atoms with Crippen LogP contribution in [0.15, 0.2) is 72.8 Å². The van der Waals surface area contributed by atoms with Gasteiger partial charge in [-0.15, -0.1) is 0 Å². The summed E-state index contributed by atoms with van der Waals surface area (Å²) in [7, 11) is 0. The maximum absolute atomic E-state index is 12.2. The number of hydrogen-bond acceptors (Lipinski definition) is 6. The van der Waals surface area contributed by atoms with Crippen LogP contribution in [0.4, 0.5) is 0 Å². The Kier molecular flexibility index (Phi) is 8.32. The number of carbonyl (C=O) groups excluding carboxylic acids is 2. The number of rotatable bonds is 7. The van der Waals surface area contributed by atoms with Crippen molar-refractivity contribution >= 4 is 67.4 Å². The van der Waals surface area contributed by atoms with E-state index in [2.05, 4.69) is 0 Å². The van der Waals surface area contributed by atoms with Gasteiger partial charge in [-0.3, -0.25) is 0 Å². The molecule has 0 aliphatic heterocycles. The summed E-state index contributed by atoms with van der Waals surface area (Å²) in [5, 5.41) is 1.22. The summed E-state index contributed by atoms with van der Waals surface area (Å²) in [6, 6.07) is 18.7. The summed E-state index contributed by atoms with van der Waals surface area (Å²) in [4.78, 5) is 34.2. The first kappa shape index (κ1) is 22.8. The second kappa shape index (κ2) is 10.9. The molecule has 0 aliphatic rings. The molecule has 0 aliphatic carbocycles. The Balaban J connectivity index is 1.69. The standard InChI is InChI=1S/C20H12Cl3IO6/c21-15-7-9-18(10-8-15)24(29-27-19(25)13-3-1-5-16(22)11-13)30-28-20(26)14-4-2-6-17(23)12-14/h1-12H. The van der Waals surface area contributed by atoms with Crippen molar-refractivity contribution in [2.24, 2.45) is 0 Å². The molecule has 10 heteroatoms. The van der Waals surface area contributed by atoms with Crippen molar-refractivity contribution in [3.8, 4) is 0 Å². The van der Waals surface area contributed by atoms with Gasteiger partial charge in [0, 0.05) is 0 Å². The molecule has 0 radical (unpaired) electrons. The van der Waals surface area contributed by atoms with Gasteiger partial charge in [0.25, 0.3) is 0 Å². The van der Waals surface area contributed by atoms with Crippen molar-refractivity contribution in [1.82, 2.24) is 0 Å². The molecule has 0 saturated carbocycles. The molecule has 156 valence electrons. The first-order valence-electron chi connectivity index (χ1n) is 8.18. The molecule has 0 heterocycles. The average molecular weight is 582 g/mol. The predicted molar refractivity (Wildman–Crippen MR) is 120 cm³/mol. The molecule has 0 atom stereocenters. The number of halogens is 4. The molecule has 0 fully saturated rings. The fraction of sp³-hybridized carbons (Fsp3) is 0. The monoisotopic (exact) mass is 580 g/mol. The Morgan fingerprint density at radius 3 is 1.53 bits per heavy atom. The van der Waals surface area contributed by atoms with Gasteiger partial charge in [0.05, 0.1) is 0 Å². The van der Waals surface area contributed by atoms with Gasteiger partial charge in [-0.1, -0.05) is 0 Å². The third-order valence-corrected chi connectivity index (χ3v) is 6.90. The molecule has 3 aromatic rings. The minimum atomic E-state index is -3.22. The van der Waals surface area contributed by atoms with Gasteiger partial charge in [-0.25, -0.2) is 0 Å². The summed E-state index contributed by atoms with van der Waals surface area (Å²) < 4.78 is 11.0. The van der Waals surface area contributed by atoms with E-state index in [1.54, 1.807) is 48.5 Å². The normalized spacial score (nSPS) is 11.0. The van der Waals surface area contributed by atoms with Gasteiger partial charge in [0.1, 0.15) is 0 Å². The van der Waals surface area contributed by atoms with E-state index >= 15 is 0 Å². The Morgan fingerprint density at radius 1 is 0.633 bits per heavy atom. The first-order chi connectivity index (χ1) is 14.4. The van der Waals surface area contributed by atoms with Gasteiger partial charge in [0.2, 0.25) is 0 Å². The van der Waals surface area contributed by atoms with E-state index in [-0.39, 0.29) is 11.1 Å². The Bertz CT molecular complexity index is 983. The van der Waals surface area contributed by atoms with Gasteiger partial charge in [-0.2, -0.15) is 0 Å². The molecule has 6 nitrogen and oxygen atoms in total. The molecule has 0 unspecified atom stereocenters. The molecule has 30 heavy (non-hydrogen) atoms. The number of benzene rings is 3. The zero-order chi connectivity index (χ0) is 21.5. The fourth-order valence-electron chi connectivity index (χ4n) is 2.06. The second-order valence-electron chi connectivity index (χ2n) is 5.54. The summed E-state index contributed by atoms with van der Waals surface area (Å²) in [5.41, 5.74) is 0.371. The third kappa shape index (κ3) is 6.56. The van der Waals surface area contributed by atoms with E-state index in [1.807, 2.05) is 0 Å². The Morgan fingerprint density at radius 2 is 1.10 bits per heavy atom. The van der Waals surface area contributed by atoms with E-state index < -0.39 is 32.6 Å². The van der Waals surface area contributed by atoms with Gasteiger partial charge in [0.15, 0.2) is 0 Å². The van der Waals surface area contributed by atoms with Crippen molar-refractivity contribution in [3.63, 3.8) is 0 Å². The quantitative estimate of drug-likeness (QED) is 0.175. The first-order valence-corrected chi connectivity index (χ1v) is 12.2. The van der Waals surface area contributed by atoms with E-state index in [4.69, 9.17) is 51.0 Å². The molecule has 0 saturated heterocycles. The van der Waals surface area contributed by atoms with Crippen LogP contribution in [0.3, 0.4) is 0 Å². The van der Waals surface area contributed by atoms with Crippen molar-refractivity contribution < 1.29 is 25.8 Å². The van der Waals surface area contributed by atoms with Crippen LogP contribution >= 0.6 is 55.5 Å². The maximum atomic E-state index is 12.2. The predicted octanol–water partition coefficient (Wildman–Crippen LogP) is 6.73. The molecule has 0 N–H and O–H groups in total. The summed E-state index contributed by atoms with van der Waals surface area (Å²) in [6.45, 7) is 0. The fourth-order valence-corrected chi connectivity index (χ4v) is 4.64. The van der Waals surface area contributed by atoms with Crippen LogP contribution in [-0.2, 0) is 16.2 Å². The topological polar surface area (TPSA) is 71.1 Å². The van der Waals surface area contributed by atoms with Crippen molar-refractivity contribution in [2.75, 3.05) is 0 Å². The summed E-state index contributed by atoms with van der Waals surface area (Å²) in [6.07, 6.45) is 0. The molecule has 0 amide bonds. The van der Waals surface area contributed by atoms with Crippen LogP contribution in [0.25, 0.3) is 0 Å². The van der Waals surface area contributed by atoms with Crippen molar-refractivity contribution in [2.45, 2.75) is 0 Å². The minimum absolute atomic E-state index is 0.186. The van der Waals surface area contributed by atoms with Crippen LogP contribution in [0.1, 0.15) is 20.7 Å². The van der Waals surface area contributed by atoms with Crippen LogP contribution < -0.4 is 0 Å². The molecule has 3 aromatic carbocycles. The van der Waals surface area contributed by atoms with E-state index in [1.165, 1.54) is 24.3 Å². The third-order valence-electron chi connectivity index (χ3n) is 3.43. The zero-order valence-electron chi connectivity index (χ0n) is 14.9. The average Bonchev–Trinajstić information content (AvgIpc) is 2.74. The van der Waals surface area contributed by atoms with Crippen molar-refractivity contribution in [3.05, 3.63) is 103 Å². The second-order valence-corrected chi connectivity index (χ2v) is 10.1. The number of carbonyl (C=O) groups is 2. The van der Waals surface area contributed by atoms with Gasteiger partial charge >= 0.3 is 196 Å². The van der Waals surface area contributed by atoms with Gasteiger partial charge in [-0.05, 0) is 0 Å². The molecule has 3 rings (SSSR count). The van der Waals surface area contributed by atoms with E-state index in [0.29, 0.717) is 18.6 Å². The number of hydrogen-bond donors (Lipinski definition) is 0. The molecular formula is C20H12Cl3IO6. The SMILES string of the molecule is O=C(OOI(OOC(=O)c1cccc(Cl)c1)c1ccc(Cl)cc1)c1cccc(Cl)c1. The van der Waals surface area contributed by atoms with E-state index in [9.17, 15) is 9.59 Å². The van der Waals surface area contributed by atoms with Gasteiger partial charge < -0.3 is 0 Å². The Hall–Kier alpha value is -1.88. The molecule has 0 bridgehead atoms. The van der Waals surface area contributed by atoms with E-state index in [0.717, 1.165) is 0 Å². The summed E-state index contributed by atoms with van der Waals surface area (Å²) in [5.74, 6) is -1.56. The van der Waals surface area contributed by atoms with Crippen molar-refractivity contribution in [1.29, 1.82) is 0 Å². The Labute approximate surface area is 194 Å². The summed E-state index contributed by atoms with van der Waals surface area (Å²) >= 11 is 14.4. The van der Waals surface area contributed by atoms with Crippen LogP contribution in [0.5, 0.6) is 0 Å². The van der Waals surface area contributed by atoms with Crippen LogP contribution in [0, 0.1) is 3.57 Å². The van der Waals surface area contributed by atoms with Crippen LogP contribution in [-0.4, -0.2) is 11.9 Å².